The Morgan fingerprint density at radius 1 is 1.00 bits per heavy atom. The van der Waals surface area contributed by atoms with Gasteiger partial charge in [-0.3, -0.25) is 0 Å². The summed E-state index contributed by atoms with van der Waals surface area (Å²) in [5, 5.41) is 11.2. The van der Waals surface area contributed by atoms with E-state index in [1.807, 2.05) is 13.2 Å². The van der Waals surface area contributed by atoms with Crippen LogP contribution < -0.4 is 4.74 Å². The minimum Gasteiger partial charge on any atom is -0.504 e. The quantitative estimate of drug-likeness (QED) is 0.810. The summed E-state index contributed by atoms with van der Waals surface area (Å²) in [5.41, 5.74) is 1.60. The van der Waals surface area contributed by atoms with Crippen LogP contribution in [0.3, 0.4) is 0 Å². The molecule has 0 spiro atoms. The van der Waals surface area contributed by atoms with E-state index in [0.717, 1.165) is 37.7 Å². The maximum Gasteiger partial charge on any atom is 0.170 e. The maximum atomic E-state index is 11.2. The standard InChI is InChI=1S/C22H32O5/c1-14-8-9-20-10-11-21(25-3,26-4)13-22(20,27-5)16(14)12-15-6-7-17(24-2)19(23)18(15)20/h6-7,14,16,23H,8-13H2,1-5H3/t14-,16?,20-,22?/m0/s1. The second-order valence-electron chi connectivity index (χ2n) is 8.65. The number of methoxy groups -OCH3 is 4. The number of ether oxygens (including phenoxy) is 4. The minimum atomic E-state index is -0.638. The lowest BCUT2D eigenvalue weighted by Crippen LogP contribution is -2.70. The average Bonchev–Trinajstić information content (AvgIpc) is 2.70. The van der Waals surface area contributed by atoms with Crippen molar-refractivity contribution >= 4 is 0 Å². The summed E-state index contributed by atoms with van der Waals surface area (Å²) in [5.74, 6) is 1.09. The van der Waals surface area contributed by atoms with Gasteiger partial charge in [0.1, 0.15) is 0 Å². The molecule has 2 saturated carbocycles. The molecular weight excluding hydrogens is 344 g/mol. The van der Waals surface area contributed by atoms with Crippen molar-refractivity contribution in [2.24, 2.45) is 11.8 Å². The summed E-state index contributed by atoms with van der Waals surface area (Å²) in [6, 6.07) is 4.02. The van der Waals surface area contributed by atoms with E-state index >= 15 is 0 Å². The lowest BCUT2D eigenvalue weighted by atomic mass is 9.43. The van der Waals surface area contributed by atoms with Crippen LogP contribution in [0.25, 0.3) is 0 Å². The lowest BCUT2D eigenvalue weighted by molar-refractivity contribution is -0.299. The third kappa shape index (κ3) is 2.28. The van der Waals surface area contributed by atoms with Crippen molar-refractivity contribution in [3.05, 3.63) is 23.3 Å². The van der Waals surface area contributed by atoms with Gasteiger partial charge < -0.3 is 24.1 Å². The van der Waals surface area contributed by atoms with Crippen molar-refractivity contribution in [2.75, 3.05) is 28.4 Å². The molecule has 4 rings (SSSR count). The van der Waals surface area contributed by atoms with E-state index in [-0.39, 0.29) is 11.2 Å². The summed E-state index contributed by atoms with van der Waals surface area (Å²) >= 11 is 0. The number of hydrogen-bond donors (Lipinski definition) is 1. The van der Waals surface area contributed by atoms with E-state index < -0.39 is 11.4 Å². The van der Waals surface area contributed by atoms with Gasteiger partial charge >= 0.3 is 0 Å². The number of fused-ring (bicyclic) bond motifs is 1. The van der Waals surface area contributed by atoms with Crippen molar-refractivity contribution in [1.29, 1.82) is 0 Å². The molecule has 0 aliphatic heterocycles. The number of phenols is 1. The summed E-state index contributed by atoms with van der Waals surface area (Å²) < 4.78 is 23.6. The van der Waals surface area contributed by atoms with E-state index in [9.17, 15) is 5.11 Å². The van der Waals surface area contributed by atoms with Crippen LogP contribution in [0.1, 0.15) is 50.2 Å². The molecule has 1 N–H and O–H groups in total. The normalized spacial score (nSPS) is 36.6. The first kappa shape index (κ1) is 19.0. The zero-order valence-corrected chi connectivity index (χ0v) is 17.1. The van der Waals surface area contributed by atoms with Gasteiger partial charge in [0.15, 0.2) is 17.3 Å². The Labute approximate surface area is 162 Å². The number of aromatic hydroxyl groups is 1. The highest BCUT2D eigenvalue weighted by Gasteiger charge is 2.69. The molecule has 5 heteroatoms. The molecule has 5 nitrogen and oxygen atoms in total. The third-order valence-electron chi connectivity index (χ3n) is 8.06. The molecule has 2 bridgehead atoms. The summed E-state index contributed by atoms with van der Waals surface area (Å²) in [7, 11) is 6.88. The van der Waals surface area contributed by atoms with Gasteiger partial charge in [-0.1, -0.05) is 13.0 Å². The highest BCUT2D eigenvalue weighted by atomic mass is 16.7. The first-order valence-electron chi connectivity index (χ1n) is 9.97. The largest absolute Gasteiger partial charge is 0.504 e. The van der Waals surface area contributed by atoms with Gasteiger partial charge in [0.25, 0.3) is 0 Å². The van der Waals surface area contributed by atoms with Gasteiger partial charge in [0.2, 0.25) is 0 Å². The summed E-state index contributed by atoms with van der Waals surface area (Å²) in [4.78, 5) is 0. The Kier molecular flexibility index (Phi) is 4.48. The van der Waals surface area contributed by atoms with Gasteiger partial charge in [0, 0.05) is 45.1 Å². The Bertz CT molecular complexity index is 728. The first-order chi connectivity index (χ1) is 12.9. The molecule has 2 unspecified atom stereocenters. The smallest absolute Gasteiger partial charge is 0.170 e. The van der Waals surface area contributed by atoms with Crippen molar-refractivity contribution in [2.45, 2.75) is 62.3 Å². The molecule has 0 saturated heterocycles. The molecule has 3 aliphatic carbocycles. The predicted octanol–water partition coefficient (Wildman–Crippen LogP) is 3.80. The Hall–Kier alpha value is -1.30. The van der Waals surface area contributed by atoms with Crippen LogP contribution in [0, 0.1) is 11.8 Å². The topological polar surface area (TPSA) is 57.2 Å². The van der Waals surface area contributed by atoms with E-state index in [4.69, 9.17) is 18.9 Å². The van der Waals surface area contributed by atoms with Crippen molar-refractivity contribution in [3.63, 3.8) is 0 Å². The molecule has 4 atom stereocenters. The fraction of sp³-hybridized carbons (Fsp3) is 0.727. The number of rotatable bonds is 4. The third-order valence-corrected chi connectivity index (χ3v) is 8.06. The van der Waals surface area contributed by atoms with Crippen LogP contribution in [0.15, 0.2) is 12.1 Å². The summed E-state index contributed by atoms with van der Waals surface area (Å²) in [6.07, 6.45) is 5.35. The van der Waals surface area contributed by atoms with Gasteiger partial charge in [-0.05, 0) is 49.1 Å². The van der Waals surface area contributed by atoms with E-state index in [1.165, 1.54) is 5.56 Å². The van der Waals surface area contributed by atoms with Crippen molar-refractivity contribution in [1.82, 2.24) is 0 Å². The monoisotopic (exact) mass is 376 g/mol. The molecule has 0 heterocycles. The fourth-order valence-electron chi connectivity index (χ4n) is 6.63. The van der Waals surface area contributed by atoms with Crippen LogP contribution in [0.2, 0.25) is 0 Å². The van der Waals surface area contributed by atoms with Crippen LogP contribution in [0.4, 0.5) is 0 Å². The van der Waals surface area contributed by atoms with Gasteiger partial charge in [-0.15, -0.1) is 0 Å². The van der Waals surface area contributed by atoms with Crippen LogP contribution in [-0.4, -0.2) is 44.9 Å². The second kappa shape index (κ2) is 6.36. The number of hydrogen-bond acceptors (Lipinski definition) is 5. The second-order valence-corrected chi connectivity index (χ2v) is 8.65. The fourth-order valence-corrected chi connectivity index (χ4v) is 6.63. The van der Waals surface area contributed by atoms with Crippen LogP contribution in [0.5, 0.6) is 11.5 Å². The molecule has 0 aromatic heterocycles. The first-order valence-corrected chi connectivity index (χ1v) is 9.97. The molecule has 1 aromatic carbocycles. The van der Waals surface area contributed by atoms with E-state index in [1.54, 1.807) is 21.3 Å². The molecule has 150 valence electrons. The summed E-state index contributed by atoms with van der Waals surface area (Å²) in [6.45, 7) is 2.33. The minimum absolute atomic E-state index is 0.244. The molecule has 27 heavy (non-hydrogen) atoms. The highest BCUT2D eigenvalue weighted by molar-refractivity contribution is 5.57. The Balaban J connectivity index is 1.97. The zero-order valence-electron chi connectivity index (χ0n) is 17.1. The maximum absolute atomic E-state index is 11.2. The predicted molar refractivity (Wildman–Crippen MR) is 102 cm³/mol. The number of phenolic OH excluding ortho intramolecular Hbond substituents is 1. The van der Waals surface area contributed by atoms with Crippen LogP contribution in [-0.2, 0) is 26.0 Å². The Morgan fingerprint density at radius 2 is 1.74 bits per heavy atom. The molecule has 0 radical (unpaired) electrons. The van der Waals surface area contributed by atoms with Crippen LogP contribution >= 0.6 is 0 Å². The zero-order chi connectivity index (χ0) is 19.4. The SMILES string of the molecule is COc1ccc2c(c1O)[C@@]13CC[C@H](C)C(C2)C1(OC)CC(OC)(OC)CC3. The van der Waals surface area contributed by atoms with Crippen molar-refractivity contribution in [3.8, 4) is 11.5 Å². The molecule has 2 fully saturated rings. The Morgan fingerprint density at radius 3 is 2.37 bits per heavy atom. The van der Waals surface area contributed by atoms with E-state index in [0.29, 0.717) is 24.0 Å². The lowest BCUT2D eigenvalue weighted by Gasteiger charge is -2.66. The number of benzene rings is 1. The van der Waals surface area contributed by atoms with E-state index in [2.05, 4.69) is 13.0 Å². The molecular formula is C22H32O5. The molecule has 1 aromatic rings. The van der Waals surface area contributed by atoms with Gasteiger partial charge in [0.05, 0.1) is 12.7 Å². The highest BCUT2D eigenvalue weighted by Crippen LogP contribution is 2.67. The average molecular weight is 376 g/mol. The van der Waals surface area contributed by atoms with Crippen molar-refractivity contribution < 1.29 is 24.1 Å². The molecule has 0 amide bonds. The van der Waals surface area contributed by atoms with Gasteiger partial charge in [-0.2, -0.15) is 0 Å². The molecule has 3 aliphatic rings. The van der Waals surface area contributed by atoms with Gasteiger partial charge in [-0.25, -0.2) is 0 Å².